The summed E-state index contributed by atoms with van der Waals surface area (Å²) in [5.74, 6) is 0.583. The second-order valence-corrected chi connectivity index (χ2v) is 10.1. The van der Waals surface area contributed by atoms with Crippen LogP contribution in [0.25, 0.3) is 22.1 Å². The standard InChI is InChI=1S/C28H25ClFN5O2/c1-16-3-4-18(11-17-5-7-20(29)13-21(17)30)26-27(16)35-10-9-34(15-25(35)32-26)14-24-31-22-8-6-19(28(36)37)12-23(22)33(24)2/h3-8,12-13H,9-11,14-15H2,1-2H3,(H,36,37). The molecule has 6 rings (SSSR count). The van der Waals surface area contributed by atoms with Gasteiger partial charge in [-0.25, -0.2) is 19.2 Å². The van der Waals surface area contributed by atoms with Gasteiger partial charge in [-0.3, -0.25) is 4.90 Å². The van der Waals surface area contributed by atoms with Gasteiger partial charge < -0.3 is 14.2 Å². The summed E-state index contributed by atoms with van der Waals surface area (Å²) in [6.45, 7) is 4.99. The number of carbonyl (C=O) groups is 1. The molecule has 9 heteroatoms. The number of fused-ring (bicyclic) bond motifs is 4. The molecule has 0 spiro atoms. The Bertz CT molecular complexity index is 1710. The first-order valence-corrected chi connectivity index (χ1v) is 12.5. The number of aromatic carboxylic acids is 1. The topological polar surface area (TPSA) is 76.2 Å². The van der Waals surface area contributed by atoms with E-state index < -0.39 is 5.97 Å². The van der Waals surface area contributed by atoms with Gasteiger partial charge >= 0.3 is 5.97 Å². The van der Waals surface area contributed by atoms with Crippen LogP contribution in [0.5, 0.6) is 0 Å². The maximum absolute atomic E-state index is 14.5. The van der Waals surface area contributed by atoms with Gasteiger partial charge in [0.1, 0.15) is 17.5 Å². The molecule has 0 radical (unpaired) electrons. The molecule has 2 aromatic heterocycles. The highest BCUT2D eigenvalue weighted by atomic mass is 35.5. The fourth-order valence-electron chi connectivity index (χ4n) is 5.25. The van der Waals surface area contributed by atoms with Crippen molar-refractivity contribution >= 4 is 39.6 Å². The number of hydrogen-bond donors (Lipinski definition) is 1. The lowest BCUT2D eigenvalue weighted by Gasteiger charge is -2.27. The van der Waals surface area contributed by atoms with E-state index in [4.69, 9.17) is 21.6 Å². The number of carboxylic acid groups (broad SMARTS) is 1. The molecule has 0 bridgehead atoms. The molecule has 0 amide bonds. The lowest BCUT2D eigenvalue weighted by molar-refractivity contribution is 0.0697. The number of rotatable bonds is 5. The minimum Gasteiger partial charge on any atom is -0.478 e. The second-order valence-electron chi connectivity index (χ2n) is 9.64. The monoisotopic (exact) mass is 517 g/mol. The van der Waals surface area contributed by atoms with Crippen molar-refractivity contribution in [3.63, 3.8) is 0 Å². The van der Waals surface area contributed by atoms with Crippen LogP contribution in [0.4, 0.5) is 4.39 Å². The molecule has 1 aliphatic rings. The largest absolute Gasteiger partial charge is 0.478 e. The summed E-state index contributed by atoms with van der Waals surface area (Å²) in [6.07, 6.45) is 0.443. The van der Waals surface area contributed by atoms with Crippen LogP contribution in [0.2, 0.25) is 5.02 Å². The third-order valence-electron chi connectivity index (χ3n) is 7.25. The van der Waals surface area contributed by atoms with Crippen molar-refractivity contribution in [2.75, 3.05) is 6.54 Å². The van der Waals surface area contributed by atoms with Gasteiger partial charge in [0, 0.05) is 31.6 Å². The quantitative estimate of drug-likeness (QED) is 0.341. The minimum atomic E-state index is -0.951. The molecule has 0 fully saturated rings. The fourth-order valence-corrected chi connectivity index (χ4v) is 5.41. The van der Waals surface area contributed by atoms with Gasteiger partial charge in [0.25, 0.3) is 0 Å². The summed E-state index contributed by atoms with van der Waals surface area (Å²) < 4.78 is 18.8. The minimum absolute atomic E-state index is 0.249. The summed E-state index contributed by atoms with van der Waals surface area (Å²) in [6, 6.07) is 13.9. The van der Waals surface area contributed by atoms with E-state index in [9.17, 15) is 14.3 Å². The molecular formula is C28H25ClFN5O2. The summed E-state index contributed by atoms with van der Waals surface area (Å²) in [5, 5.41) is 9.72. The van der Waals surface area contributed by atoms with Crippen molar-refractivity contribution in [3.8, 4) is 0 Å². The summed E-state index contributed by atoms with van der Waals surface area (Å²) in [4.78, 5) is 23.5. The molecule has 37 heavy (non-hydrogen) atoms. The third kappa shape index (κ3) is 4.16. The van der Waals surface area contributed by atoms with Crippen LogP contribution in [0.3, 0.4) is 0 Å². The van der Waals surface area contributed by atoms with Crippen LogP contribution in [-0.2, 0) is 33.1 Å². The molecule has 188 valence electrons. The highest BCUT2D eigenvalue weighted by Crippen LogP contribution is 2.29. The van der Waals surface area contributed by atoms with Crippen molar-refractivity contribution < 1.29 is 14.3 Å². The number of aryl methyl sites for hydroxylation is 2. The van der Waals surface area contributed by atoms with Gasteiger partial charge in [0.05, 0.1) is 40.7 Å². The first kappa shape index (κ1) is 23.6. The average Bonchev–Trinajstić information content (AvgIpc) is 3.40. The molecule has 5 aromatic rings. The Morgan fingerprint density at radius 1 is 1.08 bits per heavy atom. The van der Waals surface area contributed by atoms with Crippen LogP contribution >= 0.6 is 11.6 Å². The van der Waals surface area contributed by atoms with Gasteiger partial charge in [-0.2, -0.15) is 0 Å². The summed E-state index contributed by atoms with van der Waals surface area (Å²) in [7, 11) is 1.92. The normalized spacial score (nSPS) is 13.9. The van der Waals surface area contributed by atoms with Crippen molar-refractivity contribution in [2.45, 2.75) is 33.0 Å². The Morgan fingerprint density at radius 3 is 2.68 bits per heavy atom. The highest BCUT2D eigenvalue weighted by molar-refractivity contribution is 6.30. The summed E-state index contributed by atoms with van der Waals surface area (Å²) >= 11 is 5.94. The fraction of sp³-hybridized carbons (Fsp3) is 0.250. The number of nitrogens with zero attached hydrogens (tertiary/aromatic N) is 5. The van der Waals surface area contributed by atoms with Gasteiger partial charge in [-0.15, -0.1) is 0 Å². The van der Waals surface area contributed by atoms with E-state index >= 15 is 0 Å². The predicted octanol–water partition coefficient (Wildman–Crippen LogP) is 5.33. The molecule has 0 aliphatic carbocycles. The number of benzene rings is 3. The number of carboxylic acids is 1. The zero-order chi connectivity index (χ0) is 25.8. The smallest absolute Gasteiger partial charge is 0.335 e. The van der Waals surface area contributed by atoms with E-state index in [1.54, 1.807) is 30.3 Å². The number of halogens is 2. The Hall–Kier alpha value is -3.75. The first-order chi connectivity index (χ1) is 17.8. The molecule has 3 heterocycles. The average molecular weight is 518 g/mol. The second kappa shape index (κ2) is 8.97. The van der Waals surface area contributed by atoms with Gasteiger partial charge in [-0.1, -0.05) is 29.8 Å². The number of imidazole rings is 2. The highest BCUT2D eigenvalue weighted by Gasteiger charge is 2.24. The van der Waals surface area contributed by atoms with E-state index in [2.05, 4.69) is 22.5 Å². The molecule has 0 unspecified atom stereocenters. The van der Waals surface area contributed by atoms with E-state index in [1.165, 1.54) is 6.07 Å². The molecule has 1 N–H and O–H groups in total. The lowest BCUT2D eigenvalue weighted by Crippen LogP contribution is -2.34. The molecule has 3 aromatic carbocycles. The molecular weight excluding hydrogens is 493 g/mol. The van der Waals surface area contributed by atoms with E-state index in [0.29, 0.717) is 30.1 Å². The third-order valence-corrected chi connectivity index (χ3v) is 7.48. The van der Waals surface area contributed by atoms with Crippen LogP contribution in [-0.4, -0.2) is 41.6 Å². The molecule has 7 nitrogen and oxygen atoms in total. The van der Waals surface area contributed by atoms with E-state index in [-0.39, 0.29) is 11.4 Å². The molecule has 0 saturated heterocycles. The van der Waals surface area contributed by atoms with Gasteiger partial charge in [0.15, 0.2) is 0 Å². The zero-order valence-electron chi connectivity index (χ0n) is 20.5. The molecule has 0 saturated carbocycles. The van der Waals surface area contributed by atoms with Crippen molar-refractivity contribution in [1.82, 2.24) is 24.0 Å². The lowest BCUT2D eigenvalue weighted by atomic mass is 10.0. The Labute approximate surface area is 217 Å². The van der Waals surface area contributed by atoms with E-state index in [1.807, 2.05) is 17.7 Å². The Morgan fingerprint density at radius 2 is 1.89 bits per heavy atom. The Balaban J connectivity index is 1.30. The van der Waals surface area contributed by atoms with Crippen molar-refractivity contribution in [3.05, 3.63) is 93.3 Å². The maximum Gasteiger partial charge on any atom is 0.335 e. The zero-order valence-corrected chi connectivity index (χ0v) is 21.3. The first-order valence-electron chi connectivity index (χ1n) is 12.1. The van der Waals surface area contributed by atoms with E-state index in [0.717, 1.165) is 57.9 Å². The van der Waals surface area contributed by atoms with Crippen LogP contribution in [0, 0.1) is 12.7 Å². The van der Waals surface area contributed by atoms with Crippen molar-refractivity contribution in [1.29, 1.82) is 0 Å². The summed E-state index contributed by atoms with van der Waals surface area (Å²) in [5.41, 5.74) is 6.57. The van der Waals surface area contributed by atoms with Gasteiger partial charge in [0.2, 0.25) is 0 Å². The Kier molecular flexibility index (Phi) is 5.73. The van der Waals surface area contributed by atoms with Crippen LogP contribution in [0.1, 0.15) is 38.7 Å². The van der Waals surface area contributed by atoms with Crippen LogP contribution < -0.4 is 0 Å². The van der Waals surface area contributed by atoms with Gasteiger partial charge in [-0.05, 0) is 53.9 Å². The predicted molar refractivity (Wildman–Crippen MR) is 140 cm³/mol. The van der Waals surface area contributed by atoms with Crippen LogP contribution in [0.15, 0.2) is 48.5 Å². The SMILES string of the molecule is Cc1ccc(Cc2ccc(Cl)cc2F)c2nc3n(c12)CCN(Cc1nc2ccc(C(=O)O)cc2n1C)C3. The maximum atomic E-state index is 14.5. The number of hydrogen-bond acceptors (Lipinski definition) is 4. The number of aromatic nitrogens is 4. The molecule has 0 atom stereocenters. The molecule has 1 aliphatic heterocycles. The van der Waals surface area contributed by atoms with Crippen molar-refractivity contribution in [2.24, 2.45) is 7.05 Å².